The highest BCUT2D eigenvalue weighted by Gasteiger charge is 2.50. The molecule has 2 aliphatic heterocycles. The van der Waals surface area contributed by atoms with Crippen molar-refractivity contribution >= 4 is 29.5 Å². The number of aliphatic hydroxyl groups is 1. The zero-order valence-electron chi connectivity index (χ0n) is 17.1. The van der Waals surface area contributed by atoms with E-state index in [9.17, 15) is 24.6 Å². The van der Waals surface area contributed by atoms with Crippen LogP contribution in [0.15, 0.2) is 30.3 Å². The molecule has 8 nitrogen and oxygen atoms in total. The summed E-state index contributed by atoms with van der Waals surface area (Å²) < 4.78 is 4.73. The molecule has 9 heteroatoms. The molecule has 2 unspecified atom stereocenters. The van der Waals surface area contributed by atoms with Crippen molar-refractivity contribution in [3.05, 3.63) is 35.9 Å². The fourth-order valence-electron chi connectivity index (χ4n) is 3.90. The van der Waals surface area contributed by atoms with Gasteiger partial charge in [-0.25, -0.2) is 4.79 Å². The van der Waals surface area contributed by atoms with E-state index in [0.29, 0.717) is 13.0 Å². The molecule has 0 aliphatic carbocycles. The fourth-order valence-corrected chi connectivity index (χ4v) is 5.03. The Bertz CT molecular complexity index is 781. The molecule has 30 heavy (non-hydrogen) atoms. The molecule has 4 atom stereocenters. The summed E-state index contributed by atoms with van der Waals surface area (Å²) in [7, 11) is 0. The number of carboxylic acids is 1. The van der Waals surface area contributed by atoms with E-state index in [-0.39, 0.29) is 18.2 Å². The lowest BCUT2D eigenvalue weighted by molar-refractivity contribution is -0.154. The Kier molecular flexibility index (Phi) is 7.05. The average Bonchev–Trinajstić information content (AvgIpc) is 3.34. The maximum absolute atomic E-state index is 13.1. The number of benzene rings is 1. The second-order valence-electron chi connectivity index (χ2n) is 8.18. The number of rotatable bonds is 7. The summed E-state index contributed by atoms with van der Waals surface area (Å²) in [6, 6.07) is 7.25. The molecular weight excluding hydrogens is 408 g/mol. The quantitative estimate of drug-likeness (QED) is 0.584. The summed E-state index contributed by atoms with van der Waals surface area (Å²) in [6.45, 7) is 4.02. The molecule has 2 saturated heterocycles. The molecule has 3 N–H and O–H groups in total. The summed E-state index contributed by atoms with van der Waals surface area (Å²) in [5.74, 6) is -2.02. The predicted molar refractivity (Wildman–Crippen MR) is 112 cm³/mol. The summed E-state index contributed by atoms with van der Waals surface area (Å²) in [5.41, 5.74) is 0.841. The van der Waals surface area contributed by atoms with Crippen molar-refractivity contribution in [2.45, 2.75) is 62.1 Å². The number of thioether (sulfide) groups is 1. The maximum atomic E-state index is 13.1. The Hall–Kier alpha value is -2.10. The van der Waals surface area contributed by atoms with Gasteiger partial charge in [0.1, 0.15) is 12.1 Å². The molecule has 2 fully saturated rings. The van der Waals surface area contributed by atoms with Gasteiger partial charge in [0, 0.05) is 11.4 Å². The van der Waals surface area contributed by atoms with Crippen molar-refractivity contribution in [1.29, 1.82) is 0 Å². The average molecular weight is 437 g/mol. The second kappa shape index (κ2) is 9.36. The Morgan fingerprint density at radius 3 is 2.60 bits per heavy atom. The van der Waals surface area contributed by atoms with Gasteiger partial charge in [0.25, 0.3) is 5.91 Å². The largest absolute Gasteiger partial charge is 0.480 e. The summed E-state index contributed by atoms with van der Waals surface area (Å²) in [6.07, 6.45) is -0.575. The van der Waals surface area contributed by atoms with Crippen molar-refractivity contribution in [2.24, 2.45) is 0 Å². The third kappa shape index (κ3) is 4.96. The first-order valence-corrected chi connectivity index (χ1v) is 11.0. The zero-order valence-corrected chi connectivity index (χ0v) is 17.9. The minimum absolute atomic E-state index is 0.164. The van der Waals surface area contributed by atoms with Gasteiger partial charge in [0.15, 0.2) is 6.10 Å². The van der Waals surface area contributed by atoms with E-state index in [0.717, 1.165) is 12.0 Å². The van der Waals surface area contributed by atoms with Crippen LogP contribution in [0.25, 0.3) is 0 Å². The Balaban J connectivity index is 1.79. The summed E-state index contributed by atoms with van der Waals surface area (Å²) in [5, 5.41) is 23.3. The number of aliphatic hydroxyl groups excluding tert-OH is 1. The van der Waals surface area contributed by atoms with E-state index in [1.54, 1.807) is 13.8 Å². The Morgan fingerprint density at radius 1 is 1.30 bits per heavy atom. The molecule has 0 spiro atoms. The number of carbonyl (C=O) groups excluding carboxylic acids is 2. The van der Waals surface area contributed by atoms with Crippen molar-refractivity contribution in [1.82, 2.24) is 10.2 Å². The van der Waals surface area contributed by atoms with Gasteiger partial charge in [-0.15, -0.1) is 11.8 Å². The highest BCUT2D eigenvalue weighted by molar-refractivity contribution is 8.00. The van der Waals surface area contributed by atoms with Crippen LogP contribution in [0.5, 0.6) is 0 Å². The van der Waals surface area contributed by atoms with Gasteiger partial charge in [-0.3, -0.25) is 9.59 Å². The standard InChI is InChI=1S/C21H28N2O6S/c1-21(2)17(20(27)28)23(12-30-21)19(26)16(24)14(11-13-7-4-3-5-8-13)22-18(25)15-9-6-10-29-15/h3-5,7-8,14-17,24H,6,9-12H2,1-2H3,(H,22,25)(H,27,28)/t14-,15?,16-,17?/m0/s1. The molecule has 2 amide bonds. The lowest BCUT2D eigenvalue weighted by atomic mass is 9.97. The number of nitrogens with one attached hydrogen (secondary N) is 1. The molecule has 3 rings (SSSR count). The summed E-state index contributed by atoms with van der Waals surface area (Å²) in [4.78, 5) is 38.7. The van der Waals surface area contributed by atoms with Crippen molar-refractivity contribution < 1.29 is 29.3 Å². The van der Waals surface area contributed by atoms with Gasteiger partial charge in [-0.05, 0) is 38.7 Å². The van der Waals surface area contributed by atoms with Crippen LogP contribution in [-0.4, -0.2) is 74.4 Å². The molecule has 0 radical (unpaired) electrons. The van der Waals surface area contributed by atoms with Gasteiger partial charge in [-0.1, -0.05) is 30.3 Å². The van der Waals surface area contributed by atoms with Gasteiger partial charge in [0.2, 0.25) is 5.91 Å². The van der Waals surface area contributed by atoms with Gasteiger partial charge >= 0.3 is 5.97 Å². The first kappa shape index (κ1) is 22.6. The predicted octanol–water partition coefficient (Wildman–Crippen LogP) is 1.02. The molecule has 0 bridgehead atoms. The van der Waals surface area contributed by atoms with Gasteiger partial charge < -0.3 is 25.2 Å². The number of hydrogen-bond donors (Lipinski definition) is 3. The first-order chi connectivity index (χ1) is 14.2. The molecule has 0 saturated carbocycles. The number of nitrogens with zero attached hydrogens (tertiary/aromatic N) is 1. The van der Waals surface area contributed by atoms with Crippen LogP contribution in [0.2, 0.25) is 0 Å². The number of carboxylic acid groups (broad SMARTS) is 1. The van der Waals surface area contributed by atoms with Crippen LogP contribution in [0, 0.1) is 0 Å². The molecule has 164 valence electrons. The van der Waals surface area contributed by atoms with Crippen LogP contribution in [-0.2, 0) is 25.5 Å². The van der Waals surface area contributed by atoms with Crippen LogP contribution in [0.3, 0.4) is 0 Å². The monoisotopic (exact) mass is 436 g/mol. The SMILES string of the molecule is CC1(C)SCN(C(=O)[C@@H](O)[C@H](Cc2ccccc2)NC(=O)C2CCCO2)C1C(=O)O. The fraction of sp³-hybridized carbons (Fsp3) is 0.571. The summed E-state index contributed by atoms with van der Waals surface area (Å²) >= 11 is 1.35. The second-order valence-corrected chi connectivity index (χ2v) is 9.78. The number of amides is 2. The van der Waals surface area contributed by atoms with Crippen LogP contribution in [0.4, 0.5) is 0 Å². The van der Waals surface area contributed by atoms with Crippen LogP contribution < -0.4 is 5.32 Å². The third-order valence-corrected chi connectivity index (χ3v) is 6.92. The minimum Gasteiger partial charge on any atom is -0.480 e. The van der Waals surface area contributed by atoms with E-state index in [1.807, 2.05) is 30.3 Å². The van der Waals surface area contributed by atoms with Crippen molar-refractivity contribution in [2.75, 3.05) is 12.5 Å². The van der Waals surface area contributed by atoms with E-state index in [2.05, 4.69) is 5.32 Å². The third-order valence-electron chi connectivity index (χ3n) is 5.55. The number of aliphatic carboxylic acids is 1. The van der Waals surface area contributed by atoms with Crippen LogP contribution in [0.1, 0.15) is 32.3 Å². The van der Waals surface area contributed by atoms with Gasteiger partial charge in [0.05, 0.1) is 11.9 Å². The lowest BCUT2D eigenvalue weighted by Crippen LogP contribution is -2.57. The molecule has 0 aromatic heterocycles. The minimum atomic E-state index is -1.58. The highest BCUT2D eigenvalue weighted by Crippen LogP contribution is 2.39. The molecule has 2 heterocycles. The smallest absolute Gasteiger partial charge is 0.327 e. The van der Waals surface area contributed by atoms with Gasteiger partial charge in [-0.2, -0.15) is 0 Å². The number of carbonyl (C=O) groups is 3. The molecule has 2 aliphatic rings. The molecule has 1 aromatic carbocycles. The van der Waals surface area contributed by atoms with E-state index in [1.165, 1.54) is 16.7 Å². The van der Waals surface area contributed by atoms with Crippen molar-refractivity contribution in [3.63, 3.8) is 0 Å². The molecule has 1 aromatic rings. The number of hydrogen-bond acceptors (Lipinski definition) is 6. The maximum Gasteiger partial charge on any atom is 0.327 e. The van der Waals surface area contributed by atoms with E-state index in [4.69, 9.17) is 4.74 Å². The van der Waals surface area contributed by atoms with Crippen LogP contribution >= 0.6 is 11.8 Å². The van der Waals surface area contributed by atoms with E-state index >= 15 is 0 Å². The lowest BCUT2D eigenvalue weighted by Gasteiger charge is -2.32. The molecular formula is C21H28N2O6S. The Morgan fingerprint density at radius 2 is 2.00 bits per heavy atom. The van der Waals surface area contributed by atoms with E-state index < -0.39 is 40.9 Å². The highest BCUT2D eigenvalue weighted by atomic mass is 32.2. The first-order valence-electron chi connectivity index (χ1n) is 10.0. The van der Waals surface area contributed by atoms with Crippen molar-refractivity contribution in [3.8, 4) is 0 Å². The zero-order chi connectivity index (χ0) is 21.9. The Labute approximate surface area is 180 Å². The number of ether oxygens (including phenoxy) is 1. The topological polar surface area (TPSA) is 116 Å². The normalized spacial score (nSPS) is 25.0.